The molecule has 9 heteroatoms. The number of amides is 3. The molecule has 1 aromatic carbocycles. The maximum atomic E-state index is 12.8. The molecule has 0 aromatic heterocycles. The topological polar surface area (TPSA) is 108 Å². The highest BCUT2D eigenvalue weighted by Crippen LogP contribution is 2.22. The van der Waals surface area contributed by atoms with E-state index in [4.69, 9.17) is 16.3 Å². The van der Waals surface area contributed by atoms with Crippen molar-refractivity contribution in [2.75, 3.05) is 18.4 Å². The minimum Gasteiger partial charge on any atom is -0.480 e. The highest BCUT2D eigenvalue weighted by molar-refractivity contribution is 6.33. The molecule has 1 rings (SSSR count). The van der Waals surface area contributed by atoms with E-state index in [9.17, 15) is 19.5 Å². The van der Waals surface area contributed by atoms with Crippen LogP contribution in [0.15, 0.2) is 24.3 Å². The Morgan fingerprint density at radius 1 is 1.21 bits per heavy atom. The predicted octanol–water partition coefficient (Wildman–Crippen LogP) is 4.20. The zero-order valence-corrected chi connectivity index (χ0v) is 18.2. The Kier molecular flexibility index (Phi) is 9.23. The second kappa shape index (κ2) is 10.9. The monoisotopic (exact) mass is 427 g/mol. The molecule has 8 nitrogen and oxygen atoms in total. The quantitative estimate of drug-likeness (QED) is 0.576. The summed E-state index contributed by atoms with van der Waals surface area (Å²) in [6.45, 7) is 8.97. The fourth-order valence-corrected chi connectivity index (χ4v) is 2.73. The Balaban J connectivity index is 2.92. The van der Waals surface area contributed by atoms with Crippen molar-refractivity contribution < 1.29 is 24.2 Å². The number of anilines is 1. The van der Waals surface area contributed by atoms with Crippen LogP contribution in [0.25, 0.3) is 0 Å². The summed E-state index contributed by atoms with van der Waals surface area (Å²) in [6.07, 6.45) is -0.378. The van der Waals surface area contributed by atoms with Gasteiger partial charge in [-0.1, -0.05) is 37.6 Å². The number of carbonyl (C=O) groups is 3. The third kappa shape index (κ3) is 9.04. The number of alkyl carbamates (subject to hydrolysis) is 1. The van der Waals surface area contributed by atoms with Crippen LogP contribution in [0.5, 0.6) is 0 Å². The molecular formula is C20H30ClN3O5. The van der Waals surface area contributed by atoms with Gasteiger partial charge in [0.2, 0.25) is 0 Å². The Morgan fingerprint density at radius 3 is 2.34 bits per heavy atom. The van der Waals surface area contributed by atoms with Gasteiger partial charge in [0.15, 0.2) is 0 Å². The summed E-state index contributed by atoms with van der Waals surface area (Å²) in [6, 6.07) is 5.00. The number of rotatable bonds is 8. The van der Waals surface area contributed by atoms with Gasteiger partial charge in [0, 0.05) is 13.1 Å². The van der Waals surface area contributed by atoms with Crippen LogP contribution in [-0.4, -0.2) is 52.8 Å². The second-order valence-electron chi connectivity index (χ2n) is 8.02. The summed E-state index contributed by atoms with van der Waals surface area (Å²) in [5, 5.41) is 15.2. The van der Waals surface area contributed by atoms with E-state index in [1.165, 1.54) is 4.90 Å². The first kappa shape index (κ1) is 24.6. The minimum atomic E-state index is -1.12. The average molecular weight is 428 g/mol. The number of hydrogen-bond donors (Lipinski definition) is 3. The van der Waals surface area contributed by atoms with Crippen molar-refractivity contribution in [3.05, 3.63) is 29.3 Å². The molecule has 1 aromatic rings. The van der Waals surface area contributed by atoms with E-state index in [-0.39, 0.29) is 25.4 Å². The number of carboxylic acids is 1. The lowest BCUT2D eigenvalue weighted by Gasteiger charge is -2.30. The molecule has 0 aliphatic carbocycles. The molecule has 0 aliphatic rings. The largest absolute Gasteiger partial charge is 0.480 e. The van der Waals surface area contributed by atoms with Crippen molar-refractivity contribution >= 4 is 35.4 Å². The van der Waals surface area contributed by atoms with Crippen molar-refractivity contribution in [3.63, 3.8) is 0 Å². The number of nitrogens with zero attached hydrogens (tertiary/aromatic N) is 1. The van der Waals surface area contributed by atoms with Crippen molar-refractivity contribution in [2.24, 2.45) is 5.92 Å². The molecule has 1 atom stereocenters. The van der Waals surface area contributed by atoms with E-state index < -0.39 is 29.7 Å². The zero-order chi connectivity index (χ0) is 22.2. The van der Waals surface area contributed by atoms with Gasteiger partial charge in [-0.2, -0.15) is 0 Å². The summed E-state index contributed by atoms with van der Waals surface area (Å²) in [7, 11) is 0. The molecular weight excluding hydrogens is 398 g/mol. The number of ether oxygens (including phenoxy) is 1. The summed E-state index contributed by atoms with van der Waals surface area (Å²) in [5.74, 6) is -1.07. The lowest BCUT2D eigenvalue weighted by Crippen LogP contribution is -2.50. The van der Waals surface area contributed by atoms with E-state index in [2.05, 4.69) is 10.6 Å². The number of aliphatic carboxylic acids is 1. The van der Waals surface area contributed by atoms with Crippen molar-refractivity contribution in [1.29, 1.82) is 0 Å². The second-order valence-corrected chi connectivity index (χ2v) is 8.42. The van der Waals surface area contributed by atoms with E-state index in [0.29, 0.717) is 10.7 Å². The van der Waals surface area contributed by atoms with Crippen molar-refractivity contribution in [1.82, 2.24) is 10.2 Å². The summed E-state index contributed by atoms with van der Waals surface area (Å²) < 4.78 is 5.16. The van der Waals surface area contributed by atoms with E-state index in [1.54, 1.807) is 45.0 Å². The maximum Gasteiger partial charge on any atom is 0.407 e. The number of carboxylic acid groups (broad SMARTS) is 1. The molecule has 0 spiro atoms. The molecule has 0 unspecified atom stereocenters. The van der Waals surface area contributed by atoms with Crippen LogP contribution in [0, 0.1) is 5.92 Å². The lowest BCUT2D eigenvalue weighted by atomic mass is 10.0. The fourth-order valence-electron chi connectivity index (χ4n) is 2.55. The molecule has 0 saturated heterocycles. The van der Waals surface area contributed by atoms with Gasteiger partial charge in [-0.3, -0.25) is 0 Å². The van der Waals surface area contributed by atoms with Crippen molar-refractivity contribution in [2.45, 2.75) is 52.7 Å². The Bertz CT molecular complexity index is 718. The van der Waals surface area contributed by atoms with Gasteiger partial charge in [-0.15, -0.1) is 0 Å². The standard InChI is InChI=1S/C20H30ClN3O5/c1-13(2)12-16(17(25)26)24(11-10-22-19(28)29-20(3,4)5)18(27)23-15-9-7-6-8-14(15)21/h6-9,13,16H,10-12H2,1-5H3,(H,22,28)(H,23,27)(H,25,26)/t16-/m0/s1. The number of nitrogens with one attached hydrogen (secondary N) is 2. The number of hydrogen-bond acceptors (Lipinski definition) is 4. The molecule has 0 aliphatic heterocycles. The summed E-state index contributed by atoms with van der Waals surface area (Å²) in [5.41, 5.74) is -0.287. The number of para-hydroxylation sites is 1. The summed E-state index contributed by atoms with van der Waals surface area (Å²) >= 11 is 6.08. The van der Waals surface area contributed by atoms with Crippen LogP contribution in [0.1, 0.15) is 41.0 Å². The average Bonchev–Trinajstić information content (AvgIpc) is 2.57. The molecule has 0 bridgehead atoms. The van der Waals surface area contributed by atoms with Gasteiger partial charge < -0.3 is 25.4 Å². The summed E-state index contributed by atoms with van der Waals surface area (Å²) in [4.78, 5) is 37.7. The number of benzene rings is 1. The van der Waals surface area contributed by atoms with Gasteiger partial charge >= 0.3 is 18.1 Å². The fraction of sp³-hybridized carbons (Fsp3) is 0.550. The molecule has 0 heterocycles. The number of urea groups is 1. The van der Waals surface area contributed by atoms with Gasteiger partial charge in [0.1, 0.15) is 11.6 Å². The molecule has 3 N–H and O–H groups in total. The maximum absolute atomic E-state index is 12.8. The van der Waals surface area contributed by atoms with Gasteiger partial charge in [-0.05, 0) is 45.2 Å². The van der Waals surface area contributed by atoms with E-state index >= 15 is 0 Å². The first-order valence-corrected chi connectivity index (χ1v) is 9.80. The number of halogens is 1. The first-order valence-electron chi connectivity index (χ1n) is 9.42. The van der Waals surface area contributed by atoms with Crippen LogP contribution in [0.2, 0.25) is 5.02 Å². The van der Waals surface area contributed by atoms with Gasteiger partial charge in [-0.25, -0.2) is 14.4 Å². The molecule has 0 saturated carbocycles. The predicted molar refractivity (Wildman–Crippen MR) is 112 cm³/mol. The van der Waals surface area contributed by atoms with Crippen LogP contribution >= 0.6 is 11.6 Å². The third-order valence-corrected chi connectivity index (χ3v) is 4.08. The highest BCUT2D eigenvalue weighted by atomic mass is 35.5. The van der Waals surface area contributed by atoms with Gasteiger partial charge in [0.25, 0.3) is 0 Å². The molecule has 162 valence electrons. The lowest BCUT2D eigenvalue weighted by molar-refractivity contribution is -0.142. The molecule has 3 amide bonds. The van der Waals surface area contributed by atoms with Crippen molar-refractivity contribution in [3.8, 4) is 0 Å². The normalized spacial score (nSPS) is 12.2. The molecule has 0 fully saturated rings. The molecule has 29 heavy (non-hydrogen) atoms. The number of carbonyl (C=O) groups excluding carboxylic acids is 2. The minimum absolute atomic E-state index is 0.0147. The zero-order valence-electron chi connectivity index (χ0n) is 17.5. The van der Waals surface area contributed by atoms with Crippen LogP contribution in [0.3, 0.4) is 0 Å². The van der Waals surface area contributed by atoms with Crippen LogP contribution in [0.4, 0.5) is 15.3 Å². The Hall–Kier alpha value is -2.48. The van der Waals surface area contributed by atoms with Crippen LogP contribution < -0.4 is 10.6 Å². The Labute approximate surface area is 176 Å². The molecule has 0 radical (unpaired) electrons. The first-order chi connectivity index (χ1) is 13.4. The third-order valence-electron chi connectivity index (χ3n) is 3.75. The highest BCUT2D eigenvalue weighted by Gasteiger charge is 2.30. The smallest absolute Gasteiger partial charge is 0.407 e. The SMILES string of the molecule is CC(C)C[C@@H](C(=O)O)N(CCNC(=O)OC(C)(C)C)C(=O)Nc1ccccc1Cl. The van der Waals surface area contributed by atoms with E-state index in [1.807, 2.05) is 13.8 Å². The van der Waals surface area contributed by atoms with Crippen LogP contribution in [-0.2, 0) is 9.53 Å². The Morgan fingerprint density at radius 2 is 1.83 bits per heavy atom. The van der Waals surface area contributed by atoms with Gasteiger partial charge in [0.05, 0.1) is 10.7 Å². The van der Waals surface area contributed by atoms with E-state index in [0.717, 1.165) is 0 Å².